The van der Waals surface area contributed by atoms with Crippen LogP contribution in [-0.2, 0) is 0 Å². The van der Waals surface area contributed by atoms with Gasteiger partial charge in [0.1, 0.15) is 0 Å². The zero-order chi connectivity index (χ0) is 11.7. The van der Waals surface area contributed by atoms with Gasteiger partial charge in [0, 0.05) is 0 Å². The van der Waals surface area contributed by atoms with Gasteiger partial charge in [-0.25, -0.2) is 0 Å². The van der Waals surface area contributed by atoms with Crippen LogP contribution < -0.4 is 5.43 Å². The van der Waals surface area contributed by atoms with Gasteiger partial charge in [0.15, 0.2) is 0 Å². The minimum atomic E-state index is 0.162. The second kappa shape index (κ2) is 5.12. The van der Waals surface area contributed by atoms with Crippen LogP contribution in [0, 0.1) is 0 Å². The molecule has 0 bridgehead atoms. The van der Waals surface area contributed by atoms with Crippen LogP contribution in [0.1, 0.15) is 0 Å². The van der Waals surface area contributed by atoms with E-state index in [-0.39, 0.29) is 5.43 Å². The van der Waals surface area contributed by atoms with Crippen molar-refractivity contribution >= 4 is 43.5 Å². The first-order valence-electron chi connectivity index (χ1n) is 5.06. The molecule has 0 aliphatic heterocycles. The molecule has 4 heteroatoms. The summed E-state index contributed by atoms with van der Waals surface area (Å²) in [5, 5.41) is 0. The molecule has 3 rings (SSSR count). The Morgan fingerprint density at radius 1 is 0.765 bits per heavy atom. The first kappa shape index (κ1) is 11.7. The van der Waals surface area contributed by atoms with E-state index in [1.54, 1.807) is 0 Å². The predicted octanol–water partition coefficient (Wildman–Crippen LogP) is 1.55. The summed E-state index contributed by atoms with van der Waals surface area (Å²) in [5.74, 6) is 0. The first-order valence-corrected chi connectivity index (χ1v) is 10.5. The zero-order valence-electron chi connectivity index (χ0n) is 8.75. The van der Waals surface area contributed by atoms with E-state index in [0.717, 1.165) is 0 Å². The van der Waals surface area contributed by atoms with Crippen molar-refractivity contribution in [1.29, 1.82) is 0 Å². The summed E-state index contributed by atoms with van der Waals surface area (Å²) in [7, 11) is 0. The molecule has 0 N–H and O–H groups in total. The molecule has 0 amide bonds. The number of hydrogen-bond donors (Lipinski definition) is 0. The van der Waals surface area contributed by atoms with Gasteiger partial charge >= 0.3 is 118 Å². The van der Waals surface area contributed by atoms with Gasteiger partial charge < -0.3 is 0 Å². The minimum absolute atomic E-state index is 0.162. The van der Waals surface area contributed by atoms with Crippen LogP contribution in [0.3, 0.4) is 0 Å². The average molecular weight is 417 g/mol. The van der Waals surface area contributed by atoms with Crippen molar-refractivity contribution in [2.45, 2.75) is 0 Å². The topological polar surface area (TPSA) is 17.1 Å². The molecule has 84 valence electrons. The zero-order valence-corrected chi connectivity index (χ0v) is 13.9. The molecule has 0 aliphatic carbocycles. The van der Waals surface area contributed by atoms with Crippen molar-refractivity contribution in [3.8, 4) is 17.7 Å². The van der Waals surface area contributed by atoms with E-state index in [2.05, 4.69) is 34.1 Å². The van der Waals surface area contributed by atoms with Crippen molar-refractivity contribution in [1.82, 2.24) is 0 Å². The predicted molar refractivity (Wildman–Crippen MR) is 74.4 cm³/mol. The summed E-state index contributed by atoms with van der Waals surface area (Å²) in [6.07, 6.45) is 0. The van der Waals surface area contributed by atoms with Crippen molar-refractivity contribution in [2.75, 3.05) is 0 Å². The Bertz CT molecular complexity index is 608. The molecule has 0 saturated heterocycles. The van der Waals surface area contributed by atoms with Crippen LogP contribution in [0.4, 0.5) is 0 Å². The van der Waals surface area contributed by atoms with Crippen LogP contribution in [0.5, 0.6) is 0 Å². The molecule has 0 radical (unpaired) electrons. The standard InChI is InChI=1S/C13H8OSe3/c14-9-7-12(10-3-1-5-15-10)17-13(8-9)11-4-2-6-16-11/h1-8H. The third-order valence-electron chi connectivity index (χ3n) is 2.29. The van der Waals surface area contributed by atoms with E-state index in [9.17, 15) is 4.79 Å². The fraction of sp³-hybridized carbons (Fsp3) is 0. The Balaban J connectivity index is 2.17. The molecule has 0 spiro atoms. The van der Waals surface area contributed by atoms with Gasteiger partial charge in [-0.3, -0.25) is 0 Å². The van der Waals surface area contributed by atoms with E-state index in [1.165, 1.54) is 17.7 Å². The van der Waals surface area contributed by atoms with Gasteiger partial charge in [-0.05, 0) is 0 Å². The van der Waals surface area contributed by atoms with Gasteiger partial charge in [-0.15, -0.1) is 0 Å². The van der Waals surface area contributed by atoms with E-state index in [4.69, 9.17) is 0 Å². The molecular formula is C13H8OSe3. The summed E-state index contributed by atoms with van der Waals surface area (Å²) < 4.78 is 5.34. The fourth-order valence-electron chi connectivity index (χ4n) is 1.56. The second-order valence-electron chi connectivity index (χ2n) is 3.48. The van der Waals surface area contributed by atoms with Gasteiger partial charge in [-0.2, -0.15) is 0 Å². The molecule has 17 heavy (non-hydrogen) atoms. The summed E-state index contributed by atoms with van der Waals surface area (Å²) >= 11 is 1.18. The Morgan fingerprint density at radius 2 is 1.29 bits per heavy atom. The first-order chi connectivity index (χ1) is 8.33. The average Bonchev–Trinajstić information content (AvgIpc) is 3.02. The summed E-state index contributed by atoms with van der Waals surface area (Å²) in [6, 6.07) is 12.2. The van der Waals surface area contributed by atoms with Crippen molar-refractivity contribution in [3.05, 3.63) is 56.5 Å². The van der Waals surface area contributed by atoms with E-state index in [1.807, 2.05) is 12.1 Å². The molecule has 0 fully saturated rings. The summed E-state index contributed by atoms with van der Waals surface area (Å²) in [5.41, 5.74) is 0.162. The molecule has 3 aromatic heterocycles. The molecule has 3 heterocycles. The monoisotopic (exact) mass is 420 g/mol. The third kappa shape index (κ3) is 2.58. The molecule has 0 atom stereocenters. The molecule has 0 unspecified atom stereocenters. The van der Waals surface area contributed by atoms with Gasteiger partial charge in [-0.1, -0.05) is 0 Å². The third-order valence-corrected chi connectivity index (χ3v) is 9.73. The van der Waals surface area contributed by atoms with Crippen molar-refractivity contribution < 1.29 is 0 Å². The van der Waals surface area contributed by atoms with E-state index >= 15 is 0 Å². The normalized spacial score (nSPS) is 10.6. The van der Waals surface area contributed by atoms with Crippen LogP contribution in [-0.4, -0.2) is 43.5 Å². The summed E-state index contributed by atoms with van der Waals surface area (Å²) in [4.78, 5) is 16.2. The van der Waals surface area contributed by atoms with E-state index in [0.29, 0.717) is 43.5 Å². The number of rotatable bonds is 2. The van der Waals surface area contributed by atoms with Crippen LogP contribution in [0.25, 0.3) is 17.7 Å². The van der Waals surface area contributed by atoms with Gasteiger partial charge in [0.25, 0.3) is 0 Å². The van der Waals surface area contributed by atoms with Crippen molar-refractivity contribution in [3.63, 3.8) is 0 Å². The molecule has 1 nitrogen and oxygen atoms in total. The molecule has 0 aromatic carbocycles. The Hall–Kier alpha value is -0.332. The molecule has 0 saturated carbocycles. The van der Waals surface area contributed by atoms with Crippen molar-refractivity contribution in [2.24, 2.45) is 0 Å². The van der Waals surface area contributed by atoms with Gasteiger partial charge in [0.2, 0.25) is 0 Å². The second-order valence-corrected chi connectivity index (χ2v) is 9.73. The van der Waals surface area contributed by atoms with Gasteiger partial charge in [0.05, 0.1) is 0 Å². The Labute approximate surface area is 117 Å². The van der Waals surface area contributed by atoms with Crippen LogP contribution in [0.15, 0.2) is 51.1 Å². The summed E-state index contributed by atoms with van der Waals surface area (Å²) in [6.45, 7) is 0. The molecule has 0 aliphatic rings. The molecule has 3 aromatic rings. The maximum absolute atomic E-state index is 11.8. The maximum atomic E-state index is 11.8. The SMILES string of the molecule is O=c1cc(-c2ccc[se]2)[se]c(-c2ccc[se]2)c1. The van der Waals surface area contributed by atoms with E-state index < -0.39 is 0 Å². The Kier molecular flexibility index (Phi) is 3.53. The quantitative estimate of drug-likeness (QED) is 0.579. The fourth-order valence-corrected chi connectivity index (χ4v) is 8.12. The van der Waals surface area contributed by atoms with Crippen LogP contribution >= 0.6 is 0 Å². The number of hydrogen-bond acceptors (Lipinski definition) is 1. The van der Waals surface area contributed by atoms with Crippen LogP contribution in [0.2, 0.25) is 0 Å². The Morgan fingerprint density at radius 3 is 1.71 bits per heavy atom. The molecular weight excluding hydrogens is 409 g/mol.